The standard InChI is InChI=1S/C21H39NO/c1-3-4-5-6-7-8-9-10-11-14-18-17-21(23)19-15-12-13-16-20(19)22(18)2/h18-20H,3-17H2,1-2H3. The van der Waals surface area contributed by atoms with Crippen molar-refractivity contribution in [2.45, 2.75) is 115 Å². The average molecular weight is 322 g/mol. The molecule has 0 N–H and O–H groups in total. The molecule has 1 aliphatic carbocycles. The molecule has 0 aromatic carbocycles. The lowest BCUT2D eigenvalue weighted by Crippen LogP contribution is -2.53. The first-order valence-electron chi connectivity index (χ1n) is 10.5. The van der Waals surface area contributed by atoms with E-state index < -0.39 is 0 Å². The molecule has 0 bridgehead atoms. The first-order chi connectivity index (χ1) is 11.2. The highest BCUT2D eigenvalue weighted by molar-refractivity contribution is 5.83. The van der Waals surface area contributed by atoms with Gasteiger partial charge in [-0.15, -0.1) is 0 Å². The summed E-state index contributed by atoms with van der Waals surface area (Å²) in [6, 6.07) is 1.10. The average Bonchev–Trinajstić information content (AvgIpc) is 2.57. The molecule has 1 saturated carbocycles. The number of Topliss-reactive ketones (excluding diaryl/α,β-unsaturated/α-hetero) is 1. The van der Waals surface area contributed by atoms with Gasteiger partial charge >= 0.3 is 0 Å². The van der Waals surface area contributed by atoms with Crippen molar-refractivity contribution in [1.29, 1.82) is 0 Å². The van der Waals surface area contributed by atoms with Gasteiger partial charge in [0.1, 0.15) is 5.78 Å². The van der Waals surface area contributed by atoms with Gasteiger partial charge in [0, 0.05) is 24.4 Å². The molecule has 134 valence electrons. The summed E-state index contributed by atoms with van der Waals surface area (Å²) in [7, 11) is 2.29. The van der Waals surface area contributed by atoms with Crippen molar-refractivity contribution < 1.29 is 4.79 Å². The molecule has 2 heteroatoms. The minimum atomic E-state index is 0.369. The van der Waals surface area contributed by atoms with E-state index in [9.17, 15) is 4.79 Å². The lowest BCUT2D eigenvalue weighted by atomic mass is 9.75. The van der Waals surface area contributed by atoms with E-state index in [1.807, 2.05) is 0 Å². The van der Waals surface area contributed by atoms with E-state index in [1.54, 1.807) is 0 Å². The summed E-state index contributed by atoms with van der Waals surface area (Å²) in [5.41, 5.74) is 0. The Balaban J connectivity index is 1.57. The van der Waals surface area contributed by atoms with Crippen molar-refractivity contribution >= 4 is 5.78 Å². The van der Waals surface area contributed by atoms with E-state index in [2.05, 4.69) is 18.9 Å². The van der Waals surface area contributed by atoms with Crippen LogP contribution in [0.25, 0.3) is 0 Å². The summed E-state index contributed by atoms with van der Waals surface area (Å²) in [5.74, 6) is 0.946. The van der Waals surface area contributed by atoms with E-state index in [0.29, 0.717) is 23.8 Å². The van der Waals surface area contributed by atoms with Gasteiger partial charge in [-0.2, -0.15) is 0 Å². The zero-order valence-electron chi connectivity index (χ0n) is 15.7. The predicted molar refractivity (Wildman–Crippen MR) is 98.8 cm³/mol. The molecule has 0 aromatic rings. The van der Waals surface area contributed by atoms with Crippen LogP contribution in [0.1, 0.15) is 103 Å². The Bertz CT molecular complexity index is 341. The molecule has 2 nitrogen and oxygen atoms in total. The van der Waals surface area contributed by atoms with Crippen LogP contribution < -0.4 is 0 Å². The topological polar surface area (TPSA) is 20.3 Å². The van der Waals surface area contributed by atoms with E-state index in [0.717, 1.165) is 12.8 Å². The largest absolute Gasteiger partial charge is 0.299 e. The highest BCUT2D eigenvalue weighted by Gasteiger charge is 2.40. The molecule has 1 saturated heterocycles. The third-order valence-electron chi connectivity index (χ3n) is 6.32. The van der Waals surface area contributed by atoms with Crippen LogP contribution in [0.4, 0.5) is 0 Å². The Morgan fingerprint density at radius 1 is 0.913 bits per heavy atom. The Morgan fingerprint density at radius 3 is 2.22 bits per heavy atom. The van der Waals surface area contributed by atoms with Gasteiger partial charge in [0.05, 0.1) is 0 Å². The molecule has 3 unspecified atom stereocenters. The summed E-state index contributed by atoms with van der Waals surface area (Å²) in [4.78, 5) is 15.0. The maximum absolute atomic E-state index is 12.4. The third kappa shape index (κ3) is 5.89. The number of hydrogen-bond acceptors (Lipinski definition) is 2. The number of piperidine rings is 1. The van der Waals surface area contributed by atoms with Gasteiger partial charge in [-0.3, -0.25) is 9.69 Å². The maximum atomic E-state index is 12.4. The molecule has 23 heavy (non-hydrogen) atoms. The Labute approximate surface area is 144 Å². The second kappa shape index (κ2) is 10.5. The van der Waals surface area contributed by atoms with Gasteiger partial charge in [-0.25, -0.2) is 0 Å². The fourth-order valence-corrected chi connectivity index (χ4v) is 4.77. The normalized spacial score (nSPS) is 28.8. The zero-order valence-corrected chi connectivity index (χ0v) is 15.7. The molecule has 1 heterocycles. The lowest BCUT2D eigenvalue weighted by molar-refractivity contribution is -0.133. The molecule has 0 aromatic heterocycles. The van der Waals surface area contributed by atoms with Gasteiger partial charge in [-0.05, 0) is 26.3 Å². The lowest BCUT2D eigenvalue weighted by Gasteiger charge is -2.46. The monoisotopic (exact) mass is 321 g/mol. The highest BCUT2D eigenvalue weighted by Crippen LogP contribution is 2.36. The molecular formula is C21H39NO. The minimum Gasteiger partial charge on any atom is -0.299 e. The fraction of sp³-hybridized carbons (Fsp3) is 0.952. The van der Waals surface area contributed by atoms with Crippen LogP contribution in [-0.4, -0.2) is 29.8 Å². The van der Waals surface area contributed by atoms with Crippen LogP contribution in [0.15, 0.2) is 0 Å². The predicted octanol–water partition coefficient (Wildman–Crippen LogP) is 5.74. The van der Waals surface area contributed by atoms with Crippen molar-refractivity contribution in [1.82, 2.24) is 4.90 Å². The van der Waals surface area contributed by atoms with Crippen molar-refractivity contribution in [3.63, 3.8) is 0 Å². The molecule has 2 fully saturated rings. The second-order valence-corrected chi connectivity index (χ2v) is 8.07. The minimum absolute atomic E-state index is 0.369. The summed E-state index contributed by atoms with van der Waals surface area (Å²) >= 11 is 0. The number of ketones is 1. The van der Waals surface area contributed by atoms with Gasteiger partial charge in [0.2, 0.25) is 0 Å². The van der Waals surface area contributed by atoms with Crippen LogP contribution in [0, 0.1) is 5.92 Å². The number of fused-ring (bicyclic) bond motifs is 1. The Kier molecular flexibility index (Phi) is 8.64. The van der Waals surface area contributed by atoms with E-state index in [-0.39, 0.29) is 0 Å². The number of likely N-dealkylation sites (tertiary alicyclic amines) is 1. The van der Waals surface area contributed by atoms with E-state index in [4.69, 9.17) is 0 Å². The highest BCUT2D eigenvalue weighted by atomic mass is 16.1. The van der Waals surface area contributed by atoms with Gasteiger partial charge in [-0.1, -0.05) is 77.6 Å². The molecule has 0 amide bonds. The zero-order chi connectivity index (χ0) is 16.5. The van der Waals surface area contributed by atoms with Crippen molar-refractivity contribution in [2.24, 2.45) is 5.92 Å². The van der Waals surface area contributed by atoms with Gasteiger partial charge in [0.25, 0.3) is 0 Å². The van der Waals surface area contributed by atoms with Crippen LogP contribution in [0.2, 0.25) is 0 Å². The molecule has 2 rings (SSSR count). The summed E-state index contributed by atoms with van der Waals surface area (Å²) in [5, 5.41) is 0. The van der Waals surface area contributed by atoms with Crippen LogP contribution >= 0.6 is 0 Å². The first kappa shape index (κ1) is 19.0. The molecule has 0 radical (unpaired) electrons. The quantitative estimate of drug-likeness (QED) is 0.478. The van der Waals surface area contributed by atoms with Crippen molar-refractivity contribution in [3.05, 3.63) is 0 Å². The smallest absolute Gasteiger partial charge is 0.139 e. The number of carbonyl (C=O) groups excluding carboxylic acids is 1. The van der Waals surface area contributed by atoms with Crippen molar-refractivity contribution in [2.75, 3.05) is 7.05 Å². The fourth-order valence-electron chi connectivity index (χ4n) is 4.77. The Morgan fingerprint density at radius 2 is 1.52 bits per heavy atom. The first-order valence-corrected chi connectivity index (χ1v) is 10.5. The molecule has 2 aliphatic rings. The van der Waals surface area contributed by atoms with Gasteiger partial charge in [0.15, 0.2) is 0 Å². The number of rotatable bonds is 10. The number of nitrogens with zero attached hydrogens (tertiary/aromatic N) is 1. The maximum Gasteiger partial charge on any atom is 0.139 e. The second-order valence-electron chi connectivity index (χ2n) is 8.07. The molecule has 0 spiro atoms. The van der Waals surface area contributed by atoms with Crippen LogP contribution in [0.5, 0.6) is 0 Å². The third-order valence-corrected chi connectivity index (χ3v) is 6.32. The summed E-state index contributed by atoms with van der Waals surface area (Å²) in [6.07, 6.45) is 19.6. The number of carbonyl (C=O) groups is 1. The molecule has 3 atom stereocenters. The summed E-state index contributed by atoms with van der Waals surface area (Å²) < 4.78 is 0. The van der Waals surface area contributed by atoms with Gasteiger partial charge < -0.3 is 0 Å². The van der Waals surface area contributed by atoms with Crippen LogP contribution in [0.3, 0.4) is 0 Å². The van der Waals surface area contributed by atoms with E-state index in [1.165, 1.54) is 83.5 Å². The van der Waals surface area contributed by atoms with Crippen LogP contribution in [-0.2, 0) is 4.79 Å². The Hall–Kier alpha value is -0.370. The van der Waals surface area contributed by atoms with E-state index >= 15 is 0 Å². The SMILES string of the molecule is CCCCCCCCCCCC1CC(=O)C2CCCCC2N1C. The molecular weight excluding hydrogens is 282 g/mol. The van der Waals surface area contributed by atoms with Crippen molar-refractivity contribution in [3.8, 4) is 0 Å². The molecule has 1 aliphatic heterocycles. The number of unbranched alkanes of at least 4 members (excludes halogenated alkanes) is 8. The number of hydrogen-bond donors (Lipinski definition) is 0. The summed E-state index contributed by atoms with van der Waals surface area (Å²) in [6.45, 7) is 2.28.